The Hall–Kier alpha value is -2.50. The van der Waals surface area contributed by atoms with Crippen LogP contribution in [-0.2, 0) is 14.8 Å². The van der Waals surface area contributed by atoms with Crippen LogP contribution < -0.4 is 10.0 Å². The molecule has 0 saturated heterocycles. The van der Waals surface area contributed by atoms with E-state index in [1.807, 2.05) is 0 Å². The minimum atomic E-state index is -3.85. The first-order chi connectivity index (χ1) is 13.1. The number of anilines is 1. The molecular formula is C17H16F4N2O4S. The van der Waals surface area contributed by atoms with Crippen molar-refractivity contribution in [2.45, 2.75) is 17.9 Å². The van der Waals surface area contributed by atoms with Crippen molar-refractivity contribution in [1.82, 2.24) is 4.72 Å². The smallest absolute Gasteiger partial charge is 0.258 e. The predicted octanol–water partition coefficient (Wildman–Crippen LogP) is 2.81. The van der Waals surface area contributed by atoms with Gasteiger partial charge in [-0.1, -0.05) is 0 Å². The zero-order valence-corrected chi connectivity index (χ0v) is 15.5. The van der Waals surface area contributed by atoms with Gasteiger partial charge in [0.1, 0.15) is 0 Å². The largest absolute Gasteiger partial charge is 0.383 e. The van der Waals surface area contributed by atoms with Gasteiger partial charge in [0.25, 0.3) is 5.91 Å². The molecule has 0 heterocycles. The number of benzene rings is 2. The molecule has 1 unspecified atom stereocenters. The number of hydrogen-bond acceptors (Lipinski definition) is 4. The number of halogens is 4. The Labute approximate surface area is 158 Å². The van der Waals surface area contributed by atoms with Crippen LogP contribution in [0.2, 0.25) is 0 Å². The molecule has 0 spiro atoms. The van der Waals surface area contributed by atoms with Crippen molar-refractivity contribution in [2.24, 2.45) is 0 Å². The second-order valence-corrected chi connectivity index (χ2v) is 7.52. The van der Waals surface area contributed by atoms with E-state index >= 15 is 0 Å². The van der Waals surface area contributed by atoms with Crippen molar-refractivity contribution in [1.29, 1.82) is 0 Å². The first kappa shape index (κ1) is 21.8. The Morgan fingerprint density at radius 3 is 2.25 bits per heavy atom. The summed E-state index contributed by atoms with van der Waals surface area (Å²) < 4.78 is 84.7. The van der Waals surface area contributed by atoms with Gasteiger partial charge in [0, 0.05) is 18.8 Å². The Balaban J connectivity index is 2.18. The maximum atomic E-state index is 13.7. The third-order valence-corrected chi connectivity index (χ3v) is 5.15. The Morgan fingerprint density at radius 2 is 1.68 bits per heavy atom. The van der Waals surface area contributed by atoms with Crippen molar-refractivity contribution in [2.75, 3.05) is 19.0 Å². The fourth-order valence-corrected chi connectivity index (χ4v) is 3.50. The number of nitrogens with one attached hydrogen (secondary N) is 2. The molecule has 0 fully saturated rings. The van der Waals surface area contributed by atoms with Gasteiger partial charge in [-0.2, -0.15) is 0 Å². The molecule has 2 N–H and O–H groups in total. The van der Waals surface area contributed by atoms with Crippen LogP contribution in [0.3, 0.4) is 0 Å². The summed E-state index contributed by atoms with van der Waals surface area (Å²) in [6, 6.07) is 4.46. The molecule has 2 rings (SSSR count). The summed E-state index contributed by atoms with van der Waals surface area (Å²) in [6.07, 6.45) is 0. The summed E-state index contributed by atoms with van der Waals surface area (Å²) in [5.74, 6) is -8.94. The van der Waals surface area contributed by atoms with Gasteiger partial charge in [0.05, 0.1) is 17.1 Å². The molecule has 2 aromatic carbocycles. The van der Waals surface area contributed by atoms with E-state index < -0.39 is 50.8 Å². The Kier molecular flexibility index (Phi) is 6.75. The molecule has 152 valence electrons. The molecule has 28 heavy (non-hydrogen) atoms. The van der Waals surface area contributed by atoms with Crippen molar-refractivity contribution in [3.05, 3.63) is 59.2 Å². The van der Waals surface area contributed by atoms with Gasteiger partial charge in [-0.15, -0.1) is 0 Å². The van der Waals surface area contributed by atoms with Gasteiger partial charge in [-0.05, 0) is 37.3 Å². The maximum Gasteiger partial charge on any atom is 0.258 e. The standard InChI is InChI=1S/C17H16F4N2O4S/c1-9(8-27-2)23-28(25,26)11-5-3-10(4-6-11)22-17(24)12-7-13(18)15(20)16(21)14(12)19/h3-7,9,23H,8H2,1-2H3,(H,22,24). The zero-order valence-electron chi connectivity index (χ0n) is 14.7. The molecule has 0 aliphatic heterocycles. The van der Waals surface area contributed by atoms with Crippen LogP contribution in [0, 0.1) is 23.3 Å². The Bertz CT molecular complexity index is 982. The fourth-order valence-electron chi connectivity index (χ4n) is 2.27. The van der Waals surface area contributed by atoms with Crippen LogP contribution >= 0.6 is 0 Å². The Morgan fingerprint density at radius 1 is 1.07 bits per heavy atom. The fraction of sp³-hybridized carbons (Fsp3) is 0.235. The number of amides is 1. The van der Waals surface area contributed by atoms with Gasteiger partial charge >= 0.3 is 0 Å². The van der Waals surface area contributed by atoms with Crippen LogP contribution in [0.25, 0.3) is 0 Å². The molecule has 1 amide bonds. The van der Waals surface area contributed by atoms with Gasteiger partial charge < -0.3 is 10.1 Å². The second kappa shape index (κ2) is 8.67. The van der Waals surface area contributed by atoms with Crippen LogP contribution in [0.1, 0.15) is 17.3 Å². The SMILES string of the molecule is COCC(C)NS(=O)(=O)c1ccc(NC(=O)c2cc(F)c(F)c(F)c2F)cc1. The lowest BCUT2D eigenvalue weighted by atomic mass is 10.1. The van der Waals surface area contributed by atoms with E-state index in [2.05, 4.69) is 10.0 Å². The number of sulfonamides is 1. The lowest BCUT2D eigenvalue weighted by Gasteiger charge is -2.13. The first-order valence-corrected chi connectivity index (χ1v) is 9.30. The quantitative estimate of drug-likeness (QED) is 0.410. The molecule has 0 aliphatic carbocycles. The van der Waals surface area contributed by atoms with Crippen LogP contribution in [-0.4, -0.2) is 34.1 Å². The van der Waals surface area contributed by atoms with E-state index in [0.717, 1.165) is 0 Å². The average Bonchev–Trinajstić information content (AvgIpc) is 2.63. The number of carbonyl (C=O) groups excluding carboxylic acids is 1. The minimum absolute atomic E-state index is 0.0263. The van der Waals surface area contributed by atoms with E-state index in [-0.39, 0.29) is 23.3 Å². The van der Waals surface area contributed by atoms with Crippen molar-refractivity contribution in [3.63, 3.8) is 0 Å². The summed E-state index contributed by atoms with van der Waals surface area (Å²) >= 11 is 0. The van der Waals surface area contributed by atoms with E-state index in [0.29, 0.717) is 0 Å². The molecule has 11 heteroatoms. The lowest BCUT2D eigenvalue weighted by Crippen LogP contribution is -2.35. The van der Waals surface area contributed by atoms with Crippen LogP contribution in [0.4, 0.5) is 23.2 Å². The highest BCUT2D eigenvalue weighted by Crippen LogP contribution is 2.21. The van der Waals surface area contributed by atoms with E-state index in [1.165, 1.54) is 31.4 Å². The summed E-state index contributed by atoms with van der Waals surface area (Å²) in [5.41, 5.74) is -1.01. The summed E-state index contributed by atoms with van der Waals surface area (Å²) in [7, 11) is -2.42. The maximum absolute atomic E-state index is 13.7. The number of methoxy groups -OCH3 is 1. The third kappa shape index (κ3) is 4.86. The van der Waals surface area contributed by atoms with Crippen molar-refractivity contribution >= 4 is 21.6 Å². The van der Waals surface area contributed by atoms with Gasteiger partial charge in [-0.3, -0.25) is 4.79 Å². The van der Waals surface area contributed by atoms with Crippen molar-refractivity contribution < 1.29 is 35.5 Å². The number of carbonyl (C=O) groups is 1. The highest BCUT2D eigenvalue weighted by Gasteiger charge is 2.23. The molecule has 0 aromatic heterocycles. The minimum Gasteiger partial charge on any atom is -0.383 e. The molecule has 0 radical (unpaired) electrons. The van der Waals surface area contributed by atoms with Gasteiger partial charge in [0.2, 0.25) is 10.0 Å². The molecular weight excluding hydrogens is 404 g/mol. The number of hydrogen-bond donors (Lipinski definition) is 2. The normalized spacial score (nSPS) is 12.6. The van der Waals surface area contributed by atoms with E-state index in [9.17, 15) is 30.8 Å². The van der Waals surface area contributed by atoms with Gasteiger partial charge in [-0.25, -0.2) is 30.7 Å². The number of ether oxygens (including phenoxy) is 1. The average molecular weight is 420 g/mol. The third-order valence-electron chi connectivity index (χ3n) is 3.54. The van der Waals surface area contributed by atoms with Crippen molar-refractivity contribution in [3.8, 4) is 0 Å². The monoisotopic (exact) mass is 420 g/mol. The molecule has 0 bridgehead atoms. The summed E-state index contributed by atoms with van der Waals surface area (Å²) in [4.78, 5) is 11.9. The molecule has 0 saturated carbocycles. The van der Waals surface area contributed by atoms with Crippen LogP contribution in [0.5, 0.6) is 0 Å². The predicted molar refractivity (Wildman–Crippen MR) is 92.3 cm³/mol. The van der Waals surface area contributed by atoms with E-state index in [1.54, 1.807) is 6.92 Å². The van der Waals surface area contributed by atoms with Crippen LogP contribution in [0.15, 0.2) is 35.2 Å². The summed E-state index contributed by atoms with van der Waals surface area (Å²) in [5, 5.41) is 2.14. The lowest BCUT2D eigenvalue weighted by molar-refractivity contribution is 0.102. The number of rotatable bonds is 7. The molecule has 6 nitrogen and oxygen atoms in total. The highest BCUT2D eigenvalue weighted by molar-refractivity contribution is 7.89. The molecule has 1 atom stereocenters. The van der Waals surface area contributed by atoms with E-state index in [4.69, 9.17) is 4.74 Å². The topological polar surface area (TPSA) is 84.5 Å². The highest BCUT2D eigenvalue weighted by atomic mass is 32.2. The zero-order chi connectivity index (χ0) is 21.1. The van der Waals surface area contributed by atoms with Gasteiger partial charge in [0.15, 0.2) is 23.3 Å². The first-order valence-electron chi connectivity index (χ1n) is 7.82. The summed E-state index contributed by atoms with van der Waals surface area (Å²) in [6.45, 7) is 1.76. The second-order valence-electron chi connectivity index (χ2n) is 5.80. The molecule has 0 aliphatic rings. The molecule has 2 aromatic rings.